The van der Waals surface area contributed by atoms with Crippen molar-refractivity contribution in [2.75, 3.05) is 6.54 Å². The molecule has 1 amide bonds. The van der Waals surface area contributed by atoms with Crippen molar-refractivity contribution in [1.29, 1.82) is 0 Å². The van der Waals surface area contributed by atoms with E-state index in [4.69, 9.17) is 0 Å². The van der Waals surface area contributed by atoms with Crippen LogP contribution in [0, 0.1) is 13.8 Å². The fourth-order valence-electron chi connectivity index (χ4n) is 2.91. The summed E-state index contributed by atoms with van der Waals surface area (Å²) in [7, 11) is 0. The van der Waals surface area contributed by atoms with Crippen LogP contribution >= 0.6 is 0 Å². The number of carbonyl (C=O) groups excluding carboxylic acids is 1. The van der Waals surface area contributed by atoms with Crippen LogP contribution < -0.4 is 0 Å². The number of aromatic amines is 1. The SMILES string of the molecule is CCCN1C(=O)c2n[nH]c(C)c2C1c1ccc(C)cc1. The third-order valence-electron chi connectivity index (χ3n) is 3.90. The highest BCUT2D eigenvalue weighted by Crippen LogP contribution is 2.39. The van der Waals surface area contributed by atoms with E-state index in [1.165, 1.54) is 5.56 Å². The molecular weight excluding hydrogens is 250 g/mol. The number of aryl methyl sites for hydroxylation is 2. The summed E-state index contributed by atoms with van der Waals surface area (Å²) in [4.78, 5) is 14.4. The third kappa shape index (κ3) is 1.83. The van der Waals surface area contributed by atoms with Crippen molar-refractivity contribution in [3.8, 4) is 0 Å². The summed E-state index contributed by atoms with van der Waals surface area (Å²) in [6, 6.07) is 8.40. The lowest BCUT2D eigenvalue weighted by Crippen LogP contribution is -2.30. The minimum absolute atomic E-state index is 0.00296. The Hall–Kier alpha value is -2.10. The van der Waals surface area contributed by atoms with Gasteiger partial charge in [0.15, 0.2) is 5.69 Å². The molecule has 1 N–H and O–H groups in total. The van der Waals surface area contributed by atoms with Crippen LogP contribution in [0.2, 0.25) is 0 Å². The Morgan fingerprint density at radius 1 is 1.25 bits per heavy atom. The van der Waals surface area contributed by atoms with E-state index in [9.17, 15) is 4.79 Å². The minimum Gasteiger partial charge on any atom is -0.326 e. The van der Waals surface area contributed by atoms with Gasteiger partial charge >= 0.3 is 0 Å². The molecule has 1 unspecified atom stereocenters. The van der Waals surface area contributed by atoms with Gasteiger partial charge in [0.25, 0.3) is 5.91 Å². The maximum Gasteiger partial charge on any atom is 0.275 e. The molecule has 0 bridgehead atoms. The summed E-state index contributed by atoms with van der Waals surface area (Å²) < 4.78 is 0. The topological polar surface area (TPSA) is 49.0 Å². The highest BCUT2D eigenvalue weighted by atomic mass is 16.2. The normalized spacial score (nSPS) is 17.6. The second kappa shape index (κ2) is 4.78. The molecule has 0 fully saturated rings. The van der Waals surface area contributed by atoms with Gasteiger partial charge in [-0.2, -0.15) is 5.10 Å². The second-order valence-electron chi connectivity index (χ2n) is 5.42. The first kappa shape index (κ1) is 12.9. The molecule has 1 atom stereocenters. The van der Waals surface area contributed by atoms with Crippen molar-refractivity contribution in [3.63, 3.8) is 0 Å². The zero-order chi connectivity index (χ0) is 14.3. The first-order valence-electron chi connectivity index (χ1n) is 7.06. The maximum atomic E-state index is 12.5. The number of hydrogen-bond donors (Lipinski definition) is 1. The van der Waals surface area contributed by atoms with Crippen molar-refractivity contribution >= 4 is 5.91 Å². The summed E-state index contributed by atoms with van der Waals surface area (Å²) in [6.07, 6.45) is 0.946. The molecule has 0 saturated heterocycles. The summed E-state index contributed by atoms with van der Waals surface area (Å²) in [5.74, 6) is 0.0387. The van der Waals surface area contributed by atoms with Gasteiger partial charge in [-0.3, -0.25) is 9.89 Å². The Bertz CT molecular complexity index is 642. The fourth-order valence-corrected chi connectivity index (χ4v) is 2.91. The Balaban J connectivity index is 2.11. The fraction of sp³-hybridized carbons (Fsp3) is 0.375. The first-order valence-corrected chi connectivity index (χ1v) is 7.06. The minimum atomic E-state index is -0.00296. The number of H-pyrrole nitrogens is 1. The van der Waals surface area contributed by atoms with Gasteiger partial charge in [0.2, 0.25) is 0 Å². The number of hydrogen-bond acceptors (Lipinski definition) is 2. The number of nitrogens with zero attached hydrogens (tertiary/aromatic N) is 2. The van der Waals surface area contributed by atoms with Crippen LogP contribution in [0.3, 0.4) is 0 Å². The van der Waals surface area contributed by atoms with Crippen molar-refractivity contribution in [1.82, 2.24) is 15.1 Å². The average molecular weight is 269 g/mol. The summed E-state index contributed by atoms with van der Waals surface area (Å²) >= 11 is 0. The molecular formula is C16H19N3O. The highest BCUT2D eigenvalue weighted by molar-refractivity contribution is 5.98. The van der Waals surface area contributed by atoms with Gasteiger partial charge in [0, 0.05) is 17.8 Å². The molecule has 4 nitrogen and oxygen atoms in total. The number of fused-ring (bicyclic) bond motifs is 1. The van der Waals surface area contributed by atoms with Gasteiger partial charge in [0.05, 0.1) is 6.04 Å². The van der Waals surface area contributed by atoms with E-state index in [0.717, 1.165) is 29.8 Å². The van der Waals surface area contributed by atoms with Crippen LogP contribution in [-0.4, -0.2) is 27.5 Å². The molecule has 20 heavy (non-hydrogen) atoms. The van der Waals surface area contributed by atoms with E-state index < -0.39 is 0 Å². The van der Waals surface area contributed by atoms with Gasteiger partial charge in [-0.05, 0) is 25.8 Å². The molecule has 0 spiro atoms. The van der Waals surface area contributed by atoms with Crippen LogP contribution in [0.25, 0.3) is 0 Å². The molecule has 2 heterocycles. The Morgan fingerprint density at radius 3 is 2.60 bits per heavy atom. The zero-order valence-electron chi connectivity index (χ0n) is 12.1. The number of nitrogens with one attached hydrogen (secondary N) is 1. The van der Waals surface area contributed by atoms with E-state index in [1.54, 1.807) is 0 Å². The van der Waals surface area contributed by atoms with Crippen molar-refractivity contribution in [3.05, 3.63) is 52.3 Å². The molecule has 0 radical (unpaired) electrons. The van der Waals surface area contributed by atoms with Crippen LogP contribution in [-0.2, 0) is 0 Å². The third-order valence-corrected chi connectivity index (χ3v) is 3.90. The van der Waals surface area contributed by atoms with Crippen molar-refractivity contribution in [2.24, 2.45) is 0 Å². The van der Waals surface area contributed by atoms with E-state index in [2.05, 4.69) is 48.3 Å². The van der Waals surface area contributed by atoms with Crippen LogP contribution in [0.5, 0.6) is 0 Å². The molecule has 4 heteroatoms. The Kier molecular flexibility index (Phi) is 3.08. The van der Waals surface area contributed by atoms with E-state index >= 15 is 0 Å². The highest BCUT2D eigenvalue weighted by Gasteiger charge is 2.40. The van der Waals surface area contributed by atoms with Crippen molar-refractivity contribution < 1.29 is 4.79 Å². The lowest BCUT2D eigenvalue weighted by atomic mass is 9.98. The molecule has 3 rings (SSSR count). The van der Waals surface area contributed by atoms with Gasteiger partial charge in [-0.15, -0.1) is 0 Å². The number of benzene rings is 1. The van der Waals surface area contributed by atoms with Gasteiger partial charge in [-0.1, -0.05) is 36.8 Å². The zero-order valence-corrected chi connectivity index (χ0v) is 12.1. The van der Waals surface area contributed by atoms with Crippen LogP contribution in [0.1, 0.15) is 52.3 Å². The van der Waals surface area contributed by atoms with E-state index in [0.29, 0.717) is 5.69 Å². The standard InChI is InChI=1S/C16H19N3O/c1-4-9-19-15(12-7-5-10(2)6-8-12)13-11(3)17-18-14(13)16(19)20/h5-8,15H,4,9H2,1-3H3,(H,17,18). The van der Waals surface area contributed by atoms with Gasteiger partial charge in [-0.25, -0.2) is 0 Å². The molecule has 0 aliphatic carbocycles. The first-order chi connectivity index (χ1) is 9.63. The van der Waals surface area contributed by atoms with Gasteiger partial charge < -0.3 is 4.90 Å². The Morgan fingerprint density at radius 2 is 1.95 bits per heavy atom. The molecule has 1 aromatic carbocycles. The summed E-state index contributed by atoms with van der Waals surface area (Å²) in [5.41, 5.74) is 4.98. The predicted molar refractivity (Wildman–Crippen MR) is 77.7 cm³/mol. The number of carbonyl (C=O) groups is 1. The number of rotatable bonds is 3. The summed E-state index contributed by atoms with van der Waals surface area (Å²) in [5, 5.41) is 7.13. The second-order valence-corrected chi connectivity index (χ2v) is 5.42. The smallest absolute Gasteiger partial charge is 0.275 e. The lowest BCUT2D eigenvalue weighted by molar-refractivity contribution is 0.0743. The molecule has 2 aromatic rings. The maximum absolute atomic E-state index is 12.5. The molecule has 104 valence electrons. The quantitative estimate of drug-likeness (QED) is 0.931. The Labute approximate surface area is 118 Å². The van der Waals surface area contributed by atoms with E-state index in [-0.39, 0.29) is 11.9 Å². The van der Waals surface area contributed by atoms with Crippen LogP contribution in [0.4, 0.5) is 0 Å². The number of amides is 1. The molecule has 1 aliphatic heterocycles. The van der Waals surface area contributed by atoms with Gasteiger partial charge in [0.1, 0.15) is 0 Å². The van der Waals surface area contributed by atoms with E-state index in [1.807, 2.05) is 11.8 Å². The predicted octanol–water partition coefficient (Wildman–Crippen LogP) is 2.98. The molecule has 1 aromatic heterocycles. The largest absolute Gasteiger partial charge is 0.326 e. The molecule has 0 saturated carbocycles. The molecule has 1 aliphatic rings. The lowest BCUT2D eigenvalue weighted by Gasteiger charge is -2.25. The number of aromatic nitrogens is 2. The van der Waals surface area contributed by atoms with Crippen molar-refractivity contribution in [2.45, 2.75) is 33.2 Å². The monoisotopic (exact) mass is 269 g/mol. The van der Waals surface area contributed by atoms with Crippen LogP contribution in [0.15, 0.2) is 24.3 Å². The average Bonchev–Trinajstić information content (AvgIpc) is 2.93. The summed E-state index contributed by atoms with van der Waals surface area (Å²) in [6.45, 7) is 6.90.